The number of halogens is 3. The molecule has 0 radical (unpaired) electrons. The van der Waals surface area contributed by atoms with E-state index in [-0.39, 0.29) is 11.2 Å². The van der Waals surface area contributed by atoms with Gasteiger partial charge in [-0.1, -0.05) is 0 Å². The van der Waals surface area contributed by atoms with Crippen molar-refractivity contribution in [3.05, 3.63) is 29.2 Å². The van der Waals surface area contributed by atoms with Gasteiger partial charge in [-0.2, -0.15) is 18.3 Å². The van der Waals surface area contributed by atoms with Crippen LogP contribution in [-0.2, 0) is 0 Å². The fourth-order valence-electron chi connectivity index (χ4n) is 2.55. The van der Waals surface area contributed by atoms with Crippen LogP contribution in [-0.4, -0.2) is 32.7 Å². The van der Waals surface area contributed by atoms with Crippen LogP contribution in [0, 0.1) is 19.8 Å². The molecule has 0 aromatic carbocycles. The van der Waals surface area contributed by atoms with E-state index in [1.165, 1.54) is 10.7 Å². The molecule has 0 aliphatic heterocycles. The number of aryl methyl sites for hydroxylation is 2. The molecule has 0 spiro atoms. The minimum atomic E-state index is -4.45. The van der Waals surface area contributed by atoms with Crippen LogP contribution in [0.25, 0.3) is 5.65 Å². The smallest absolute Gasteiger partial charge is 0.340 e. The summed E-state index contributed by atoms with van der Waals surface area (Å²) in [4.78, 5) is 16.4. The lowest BCUT2D eigenvalue weighted by molar-refractivity contribution is -0.158. The minimum absolute atomic E-state index is 0.0571. The average Bonchev–Trinajstić information content (AvgIpc) is 3.13. The molecular formula is C14H15F3N4O. The van der Waals surface area contributed by atoms with Crippen molar-refractivity contribution in [1.29, 1.82) is 0 Å². The van der Waals surface area contributed by atoms with Gasteiger partial charge < -0.3 is 5.32 Å². The number of hydrogen-bond donors (Lipinski definition) is 1. The van der Waals surface area contributed by atoms with E-state index >= 15 is 0 Å². The predicted molar refractivity (Wildman–Crippen MR) is 72.5 cm³/mol. The molecule has 1 amide bonds. The molecule has 2 heterocycles. The monoisotopic (exact) mass is 312 g/mol. The van der Waals surface area contributed by atoms with Crippen molar-refractivity contribution in [2.45, 2.75) is 38.9 Å². The van der Waals surface area contributed by atoms with Crippen LogP contribution in [0.4, 0.5) is 13.2 Å². The number of amides is 1. The molecule has 1 fully saturated rings. The molecule has 2 aromatic rings. The van der Waals surface area contributed by atoms with Crippen molar-refractivity contribution < 1.29 is 18.0 Å². The van der Waals surface area contributed by atoms with Crippen LogP contribution in [0.15, 0.2) is 12.3 Å². The van der Waals surface area contributed by atoms with Gasteiger partial charge in [0.05, 0.1) is 6.20 Å². The molecular weight excluding hydrogens is 297 g/mol. The van der Waals surface area contributed by atoms with Crippen molar-refractivity contribution in [1.82, 2.24) is 19.9 Å². The molecule has 5 nitrogen and oxygen atoms in total. The average molecular weight is 312 g/mol. The second-order valence-electron chi connectivity index (χ2n) is 5.66. The van der Waals surface area contributed by atoms with Gasteiger partial charge in [0.2, 0.25) is 0 Å². The lowest BCUT2D eigenvalue weighted by Gasteiger charge is -2.20. The summed E-state index contributed by atoms with van der Waals surface area (Å²) in [5.74, 6) is -1.32. The number of aromatic nitrogens is 3. The Kier molecular flexibility index (Phi) is 3.34. The lowest BCUT2D eigenvalue weighted by Crippen LogP contribution is -2.46. The van der Waals surface area contributed by atoms with Gasteiger partial charge in [0.25, 0.3) is 5.91 Å². The molecule has 2 aromatic heterocycles. The second-order valence-corrected chi connectivity index (χ2v) is 5.66. The number of hydrogen-bond acceptors (Lipinski definition) is 3. The molecule has 1 unspecified atom stereocenters. The van der Waals surface area contributed by atoms with Crippen LogP contribution in [0.5, 0.6) is 0 Å². The third kappa shape index (κ3) is 2.65. The quantitative estimate of drug-likeness (QED) is 0.947. The van der Waals surface area contributed by atoms with Gasteiger partial charge in [-0.05, 0) is 38.7 Å². The topological polar surface area (TPSA) is 59.3 Å². The third-order valence-corrected chi connectivity index (χ3v) is 3.76. The Hall–Kier alpha value is -2.12. The first-order valence-corrected chi connectivity index (χ1v) is 6.97. The van der Waals surface area contributed by atoms with Crippen molar-refractivity contribution >= 4 is 11.6 Å². The van der Waals surface area contributed by atoms with Gasteiger partial charge in [-0.25, -0.2) is 9.50 Å². The summed E-state index contributed by atoms with van der Waals surface area (Å²) in [6.45, 7) is 3.55. The first-order chi connectivity index (χ1) is 10.3. The fraction of sp³-hybridized carbons (Fsp3) is 0.500. The summed E-state index contributed by atoms with van der Waals surface area (Å²) in [7, 11) is 0. The lowest BCUT2D eigenvalue weighted by atomic mass is 10.1. The van der Waals surface area contributed by atoms with Crippen molar-refractivity contribution in [2.75, 3.05) is 0 Å². The van der Waals surface area contributed by atoms with Crippen LogP contribution in [0.3, 0.4) is 0 Å². The summed E-state index contributed by atoms with van der Waals surface area (Å²) in [6, 6.07) is -0.0226. The number of nitrogens with one attached hydrogen (secondary N) is 1. The summed E-state index contributed by atoms with van der Waals surface area (Å²) in [5.41, 5.74) is 1.76. The summed E-state index contributed by atoms with van der Waals surface area (Å²) < 4.78 is 40.5. The summed E-state index contributed by atoms with van der Waals surface area (Å²) in [6.07, 6.45) is -2.23. The molecule has 0 saturated heterocycles. The highest BCUT2D eigenvalue weighted by Crippen LogP contribution is 2.40. The van der Waals surface area contributed by atoms with Crippen LogP contribution >= 0.6 is 0 Å². The molecule has 1 atom stereocenters. The van der Waals surface area contributed by atoms with Gasteiger partial charge >= 0.3 is 6.18 Å². The number of rotatable bonds is 3. The highest BCUT2D eigenvalue weighted by molar-refractivity contribution is 5.99. The third-order valence-electron chi connectivity index (χ3n) is 3.76. The molecule has 22 heavy (non-hydrogen) atoms. The van der Waals surface area contributed by atoms with Crippen LogP contribution in [0.1, 0.15) is 34.6 Å². The Morgan fingerprint density at radius 2 is 2.09 bits per heavy atom. The molecule has 3 rings (SSSR count). The van der Waals surface area contributed by atoms with E-state index in [4.69, 9.17) is 0 Å². The Morgan fingerprint density at radius 3 is 2.68 bits per heavy atom. The number of nitrogens with zero attached hydrogens (tertiary/aromatic N) is 3. The molecule has 0 bridgehead atoms. The van der Waals surface area contributed by atoms with E-state index < -0.39 is 24.0 Å². The zero-order valence-electron chi connectivity index (χ0n) is 12.1. The highest BCUT2D eigenvalue weighted by atomic mass is 19.4. The minimum Gasteiger partial charge on any atom is -0.340 e. The van der Waals surface area contributed by atoms with Gasteiger partial charge in [-0.3, -0.25) is 4.79 Å². The standard InChI is InChI=1S/C14H15F3N4O/c1-7-5-8(2)21-12(19-7)10(6-18-21)13(22)20-11(9-3-4-9)14(15,16)17/h5-6,9,11H,3-4H2,1-2H3,(H,20,22). The van der Waals surface area contributed by atoms with Crippen LogP contribution in [0.2, 0.25) is 0 Å². The maximum atomic E-state index is 13.0. The van der Waals surface area contributed by atoms with Gasteiger partial charge in [0, 0.05) is 11.4 Å². The Balaban J connectivity index is 1.92. The highest BCUT2D eigenvalue weighted by Gasteiger charge is 2.49. The van der Waals surface area contributed by atoms with Crippen molar-refractivity contribution in [3.8, 4) is 0 Å². The van der Waals surface area contributed by atoms with Crippen molar-refractivity contribution in [2.24, 2.45) is 5.92 Å². The van der Waals surface area contributed by atoms with Gasteiger partial charge in [-0.15, -0.1) is 0 Å². The molecule has 1 aliphatic carbocycles. The molecule has 1 aliphatic rings. The Morgan fingerprint density at radius 1 is 1.41 bits per heavy atom. The molecule has 8 heteroatoms. The van der Waals surface area contributed by atoms with Gasteiger partial charge in [0.1, 0.15) is 11.6 Å². The largest absolute Gasteiger partial charge is 0.408 e. The van der Waals surface area contributed by atoms with E-state index in [1.807, 2.05) is 0 Å². The predicted octanol–water partition coefficient (Wildman–Crippen LogP) is 2.42. The number of carbonyl (C=O) groups is 1. The molecule has 1 N–H and O–H groups in total. The Bertz CT molecular complexity index is 733. The zero-order chi connectivity index (χ0) is 16.1. The first kappa shape index (κ1) is 14.8. The fourth-order valence-corrected chi connectivity index (χ4v) is 2.55. The first-order valence-electron chi connectivity index (χ1n) is 6.97. The second kappa shape index (κ2) is 4.96. The SMILES string of the molecule is Cc1cc(C)n2ncc(C(=O)NC(C3CC3)C(F)(F)F)c2n1. The molecule has 1 saturated carbocycles. The van der Waals surface area contributed by atoms with E-state index in [1.54, 1.807) is 19.9 Å². The van der Waals surface area contributed by atoms with Crippen molar-refractivity contribution in [3.63, 3.8) is 0 Å². The number of carbonyl (C=O) groups excluding carboxylic acids is 1. The summed E-state index contributed by atoms with van der Waals surface area (Å²) in [5, 5.41) is 6.12. The van der Waals surface area contributed by atoms with Crippen LogP contribution < -0.4 is 5.32 Å². The Labute approximate surface area is 124 Å². The number of fused-ring (bicyclic) bond motifs is 1. The van der Waals surface area contributed by atoms with E-state index in [0.29, 0.717) is 18.5 Å². The zero-order valence-corrected chi connectivity index (χ0v) is 12.1. The van der Waals surface area contributed by atoms with E-state index in [2.05, 4.69) is 15.4 Å². The van der Waals surface area contributed by atoms with Gasteiger partial charge in [0.15, 0.2) is 5.65 Å². The maximum Gasteiger partial charge on any atom is 0.408 e. The van der Waals surface area contributed by atoms with E-state index in [9.17, 15) is 18.0 Å². The molecule has 118 valence electrons. The maximum absolute atomic E-state index is 13.0. The summed E-state index contributed by atoms with van der Waals surface area (Å²) >= 11 is 0. The normalized spacial score (nSPS) is 16.8. The van der Waals surface area contributed by atoms with E-state index in [0.717, 1.165) is 5.69 Å². The number of alkyl halides is 3.